The lowest BCUT2D eigenvalue weighted by Crippen LogP contribution is -2.51. The first-order valence-electron chi connectivity index (χ1n) is 8.10. The molecule has 1 aliphatic heterocycles. The lowest BCUT2D eigenvalue weighted by molar-refractivity contribution is -0.138. The predicted octanol–water partition coefficient (Wildman–Crippen LogP) is 2.26. The van der Waals surface area contributed by atoms with Gasteiger partial charge >= 0.3 is 12.3 Å². The van der Waals surface area contributed by atoms with Crippen molar-refractivity contribution in [3.63, 3.8) is 0 Å². The van der Waals surface area contributed by atoms with Gasteiger partial charge in [-0.25, -0.2) is 4.79 Å². The highest BCUT2D eigenvalue weighted by Gasteiger charge is 2.38. The molecule has 1 aromatic carbocycles. The molecule has 1 aromatic rings. The van der Waals surface area contributed by atoms with E-state index in [1.165, 1.54) is 31.1 Å². The highest BCUT2D eigenvalue weighted by molar-refractivity contribution is 5.85. The number of carbonyl (C=O) groups excluding carboxylic acids is 2. The van der Waals surface area contributed by atoms with Gasteiger partial charge in [-0.3, -0.25) is 4.79 Å². The molecule has 0 saturated carbocycles. The smallest absolute Gasteiger partial charge is 0.416 e. The van der Waals surface area contributed by atoms with E-state index in [0.29, 0.717) is 0 Å². The molecule has 6 nitrogen and oxygen atoms in total. The number of ether oxygens (including phenoxy) is 1. The van der Waals surface area contributed by atoms with Crippen LogP contribution in [-0.2, 0) is 21.3 Å². The van der Waals surface area contributed by atoms with E-state index in [-0.39, 0.29) is 37.4 Å². The quantitative estimate of drug-likeness (QED) is 0.851. The fourth-order valence-corrected chi connectivity index (χ4v) is 2.94. The Labute approximate surface area is 148 Å². The zero-order valence-electron chi connectivity index (χ0n) is 14.5. The molecule has 0 bridgehead atoms. The third-order valence-corrected chi connectivity index (χ3v) is 4.52. The minimum atomic E-state index is -4.49. The van der Waals surface area contributed by atoms with Crippen molar-refractivity contribution in [3.8, 4) is 0 Å². The summed E-state index contributed by atoms with van der Waals surface area (Å²) in [6, 6.07) is 3.80. The van der Waals surface area contributed by atoms with Crippen molar-refractivity contribution >= 4 is 12.0 Å². The van der Waals surface area contributed by atoms with Gasteiger partial charge in [0.1, 0.15) is 6.04 Å². The number of aliphatic hydroxyl groups is 1. The zero-order valence-corrected chi connectivity index (χ0v) is 14.5. The average molecular weight is 374 g/mol. The predicted molar refractivity (Wildman–Crippen MR) is 86.2 cm³/mol. The molecule has 1 atom stereocenters. The topological polar surface area (TPSA) is 78.9 Å². The van der Waals surface area contributed by atoms with Crippen LogP contribution in [0, 0.1) is 0 Å². The number of hydrogen-bond donors (Lipinski definition) is 2. The Kier molecular flexibility index (Phi) is 5.80. The molecule has 1 heterocycles. The molecule has 0 unspecified atom stereocenters. The summed E-state index contributed by atoms with van der Waals surface area (Å²) < 4.78 is 43.0. The first-order chi connectivity index (χ1) is 12.1. The number of halogens is 3. The minimum Gasteiger partial charge on any atom is -0.453 e. The number of rotatable bonds is 3. The van der Waals surface area contributed by atoms with Crippen LogP contribution in [0.1, 0.15) is 30.9 Å². The molecule has 26 heavy (non-hydrogen) atoms. The Morgan fingerprint density at radius 1 is 1.31 bits per heavy atom. The Morgan fingerprint density at radius 2 is 1.92 bits per heavy atom. The fraction of sp³-hybridized carbons (Fsp3) is 0.529. The van der Waals surface area contributed by atoms with E-state index in [4.69, 9.17) is 0 Å². The summed E-state index contributed by atoms with van der Waals surface area (Å²) in [4.78, 5) is 24.9. The van der Waals surface area contributed by atoms with Gasteiger partial charge in [0.25, 0.3) is 0 Å². The maximum atomic E-state index is 12.9. The summed E-state index contributed by atoms with van der Waals surface area (Å²) >= 11 is 0. The number of alkyl carbamates (subject to hydrolysis) is 1. The highest BCUT2D eigenvalue weighted by atomic mass is 19.4. The second kappa shape index (κ2) is 7.53. The van der Waals surface area contributed by atoms with E-state index in [1.54, 1.807) is 0 Å². The number of benzene rings is 1. The van der Waals surface area contributed by atoms with E-state index in [9.17, 15) is 27.9 Å². The standard InChI is InChI=1S/C17H21F3N2O4/c1-11(21-15(24)26-2)14(23)22-8-6-16(25,7-9-22)12-4-3-5-13(10-12)17(18,19)20/h3-5,10-11,25H,6-9H2,1-2H3,(H,21,24)/t11-/m0/s1. The van der Waals surface area contributed by atoms with Crippen molar-refractivity contribution in [3.05, 3.63) is 35.4 Å². The highest BCUT2D eigenvalue weighted by Crippen LogP contribution is 2.36. The molecule has 0 radical (unpaired) electrons. The maximum Gasteiger partial charge on any atom is 0.416 e. The van der Waals surface area contributed by atoms with Crippen LogP contribution in [0.4, 0.5) is 18.0 Å². The number of piperidine rings is 1. The second-order valence-corrected chi connectivity index (χ2v) is 6.29. The summed E-state index contributed by atoms with van der Waals surface area (Å²) in [7, 11) is 1.18. The van der Waals surface area contributed by atoms with E-state index in [0.717, 1.165) is 12.1 Å². The summed E-state index contributed by atoms with van der Waals surface area (Å²) in [6.07, 6.45) is -5.02. The van der Waals surface area contributed by atoms with Gasteiger partial charge in [-0.1, -0.05) is 12.1 Å². The van der Waals surface area contributed by atoms with Crippen LogP contribution >= 0.6 is 0 Å². The number of carbonyl (C=O) groups is 2. The fourth-order valence-electron chi connectivity index (χ4n) is 2.94. The van der Waals surface area contributed by atoms with Gasteiger partial charge < -0.3 is 20.1 Å². The molecule has 9 heteroatoms. The average Bonchev–Trinajstić information content (AvgIpc) is 2.61. The summed E-state index contributed by atoms with van der Waals surface area (Å²) in [6.45, 7) is 1.84. The van der Waals surface area contributed by atoms with E-state index >= 15 is 0 Å². The number of likely N-dealkylation sites (tertiary alicyclic amines) is 1. The van der Waals surface area contributed by atoms with Crippen molar-refractivity contribution in [2.45, 2.75) is 37.6 Å². The third kappa shape index (κ3) is 4.46. The SMILES string of the molecule is COC(=O)N[C@@H](C)C(=O)N1CCC(O)(c2cccc(C(F)(F)F)c2)CC1. The first kappa shape index (κ1) is 20.0. The van der Waals surface area contributed by atoms with Crippen molar-refractivity contribution in [2.24, 2.45) is 0 Å². The third-order valence-electron chi connectivity index (χ3n) is 4.52. The van der Waals surface area contributed by atoms with Crippen LogP contribution in [0.2, 0.25) is 0 Å². The molecule has 2 N–H and O–H groups in total. The molecule has 1 fully saturated rings. The summed E-state index contributed by atoms with van der Waals surface area (Å²) in [5.74, 6) is -0.346. The van der Waals surface area contributed by atoms with Gasteiger partial charge in [-0.2, -0.15) is 13.2 Å². The van der Waals surface area contributed by atoms with Crippen LogP contribution in [-0.4, -0.2) is 48.2 Å². The van der Waals surface area contributed by atoms with E-state index in [2.05, 4.69) is 10.1 Å². The molecule has 2 rings (SSSR count). The summed E-state index contributed by atoms with van der Waals surface area (Å²) in [5, 5.41) is 13.1. The molecule has 0 spiro atoms. The zero-order chi connectivity index (χ0) is 19.5. The Bertz CT molecular complexity index is 670. The second-order valence-electron chi connectivity index (χ2n) is 6.29. The Morgan fingerprint density at radius 3 is 2.46 bits per heavy atom. The minimum absolute atomic E-state index is 0.102. The molecular weight excluding hydrogens is 353 g/mol. The van der Waals surface area contributed by atoms with Crippen LogP contribution in [0.15, 0.2) is 24.3 Å². The molecule has 2 amide bonds. The van der Waals surface area contributed by atoms with Gasteiger partial charge in [0.15, 0.2) is 0 Å². The van der Waals surface area contributed by atoms with Crippen molar-refractivity contribution < 1.29 is 32.6 Å². The molecular formula is C17H21F3N2O4. The van der Waals surface area contributed by atoms with E-state index in [1.807, 2.05) is 0 Å². The number of nitrogens with zero attached hydrogens (tertiary/aromatic N) is 1. The number of amides is 2. The van der Waals surface area contributed by atoms with Gasteiger partial charge in [0.05, 0.1) is 18.3 Å². The van der Waals surface area contributed by atoms with Gasteiger partial charge in [0.2, 0.25) is 5.91 Å². The van der Waals surface area contributed by atoms with Crippen molar-refractivity contribution in [1.29, 1.82) is 0 Å². The molecule has 0 aliphatic carbocycles. The van der Waals surface area contributed by atoms with E-state index < -0.39 is 29.5 Å². The van der Waals surface area contributed by atoms with Crippen molar-refractivity contribution in [2.75, 3.05) is 20.2 Å². The molecule has 1 aliphatic rings. The monoisotopic (exact) mass is 374 g/mol. The van der Waals surface area contributed by atoms with Gasteiger partial charge in [-0.05, 0) is 37.5 Å². The Balaban J connectivity index is 2.05. The van der Waals surface area contributed by atoms with Crippen LogP contribution < -0.4 is 5.32 Å². The van der Waals surface area contributed by atoms with Crippen LogP contribution in [0.5, 0.6) is 0 Å². The molecule has 0 aromatic heterocycles. The Hall–Kier alpha value is -2.29. The van der Waals surface area contributed by atoms with Crippen LogP contribution in [0.3, 0.4) is 0 Å². The van der Waals surface area contributed by atoms with Gasteiger partial charge in [0, 0.05) is 13.1 Å². The molecule has 144 valence electrons. The number of hydrogen-bond acceptors (Lipinski definition) is 4. The normalized spacial score (nSPS) is 18.2. The molecule has 1 saturated heterocycles. The van der Waals surface area contributed by atoms with Crippen molar-refractivity contribution in [1.82, 2.24) is 10.2 Å². The summed E-state index contributed by atoms with van der Waals surface area (Å²) in [5.41, 5.74) is -2.07. The largest absolute Gasteiger partial charge is 0.453 e. The first-order valence-corrected chi connectivity index (χ1v) is 8.10. The maximum absolute atomic E-state index is 12.9. The number of alkyl halides is 3. The number of nitrogens with one attached hydrogen (secondary N) is 1. The lowest BCUT2D eigenvalue weighted by atomic mass is 9.83. The lowest BCUT2D eigenvalue weighted by Gasteiger charge is -2.39. The van der Waals surface area contributed by atoms with Gasteiger partial charge in [-0.15, -0.1) is 0 Å². The van der Waals surface area contributed by atoms with Crippen LogP contribution in [0.25, 0.3) is 0 Å². The number of methoxy groups -OCH3 is 1.